The highest BCUT2D eigenvalue weighted by atomic mass is 32.1. The van der Waals surface area contributed by atoms with Gasteiger partial charge >= 0.3 is 0 Å². The minimum Gasteiger partial charge on any atom is -0.398 e. The predicted octanol–water partition coefficient (Wildman–Crippen LogP) is 2.71. The second-order valence-corrected chi connectivity index (χ2v) is 5.43. The van der Waals surface area contributed by atoms with Crippen LogP contribution in [0.5, 0.6) is 0 Å². The Morgan fingerprint density at radius 3 is 3.06 bits per heavy atom. The molecule has 0 amide bonds. The average molecular weight is 232 g/mol. The molecule has 0 saturated heterocycles. The summed E-state index contributed by atoms with van der Waals surface area (Å²) in [5, 5.41) is 0.941. The van der Waals surface area contributed by atoms with Gasteiger partial charge in [-0.1, -0.05) is 0 Å². The van der Waals surface area contributed by atoms with Crippen LogP contribution in [0.2, 0.25) is 0 Å². The van der Waals surface area contributed by atoms with Crippen LogP contribution in [0.1, 0.15) is 33.8 Å². The number of aryl methyl sites for hydroxylation is 2. The number of carbonyl (C=O) groups is 1. The Morgan fingerprint density at radius 1 is 1.44 bits per heavy atom. The van der Waals surface area contributed by atoms with Crippen molar-refractivity contribution in [2.24, 2.45) is 0 Å². The van der Waals surface area contributed by atoms with Gasteiger partial charge in [0, 0.05) is 16.7 Å². The Morgan fingerprint density at radius 2 is 2.25 bits per heavy atom. The Balaban J connectivity index is 2.40. The first-order valence-electron chi connectivity index (χ1n) is 5.38. The average Bonchev–Trinajstić information content (AvgIpc) is 2.59. The van der Waals surface area contributed by atoms with Crippen LogP contribution >= 0.6 is 11.3 Å². The number of hydrogen-bond acceptors (Lipinski definition) is 4. The van der Waals surface area contributed by atoms with Crippen molar-refractivity contribution in [3.8, 4) is 0 Å². The molecule has 2 aromatic heterocycles. The summed E-state index contributed by atoms with van der Waals surface area (Å²) in [6.45, 7) is 2.03. The SMILES string of the molecule is Cc1cc2c(N)c3c(nc2s1)CCCC3=O. The topological polar surface area (TPSA) is 56.0 Å². The Kier molecular flexibility index (Phi) is 2.01. The summed E-state index contributed by atoms with van der Waals surface area (Å²) < 4.78 is 0. The molecule has 0 fully saturated rings. The lowest BCUT2D eigenvalue weighted by Crippen LogP contribution is -2.15. The molecule has 16 heavy (non-hydrogen) atoms. The van der Waals surface area contributed by atoms with Gasteiger partial charge in [0.25, 0.3) is 0 Å². The largest absolute Gasteiger partial charge is 0.398 e. The summed E-state index contributed by atoms with van der Waals surface area (Å²) in [6, 6.07) is 2.02. The van der Waals surface area contributed by atoms with Crippen molar-refractivity contribution < 1.29 is 4.79 Å². The van der Waals surface area contributed by atoms with E-state index in [0.29, 0.717) is 17.7 Å². The van der Waals surface area contributed by atoms with Gasteiger partial charge in [0.15, 0.2) is 5.78 Å². The third-order valence-electron chi connectivity index (χ3n) is 3.02. The standard InChI is InChI=1S/C12H12N2OS/c1-6-5-7-11(13)10-8(14-12(7)16-6)3-2-4-9(10)15/h5H,2-4H2,1H3,(H2,13,14). The molecule has 0 bridgehead atoms. The lowest BCUT2D eigenvalue weighted by atomic mass is 9.93. The van der Waals surface area contributed by atoms with E-state index < -0.39 is 0 Å². The first-order valence-corrected chi connectivity index (χ1v) is 6.20. The molecule has 4 heteroatoms. The molecule has 3 nitrogen and oxygen atoms in total. The zero-order valence-electron chi connectivity index (χ0n) is 9.04. The van der Waals surface area contributed by atoms with Crippen LogP contribution in [0, 0.1) is 6.92 Å². The minimum atomic E-state index is 0.150. The number of ketones is 1. The monoisotopic (exact) mass is 232 g/mol. The maximum absolute atomic E-state index is 11.8. The molecule has 0 atom stereocenters. The Bertz CT molecular complexity index is 601. The molecule has 0 aromatic carbocycles. The van der Waals surface area contributed by atoms with Crippen molar-refractivity contribution in [1.29, 1.82) is 0 Å². The van der Waals surface area contributed by atoms with Crippen LogP contribution in [-0.4, -0.2) is 10.8 Å². The van der Waals surface area contributed by atoms with E-state index in [1.54, 1.807) is 11.3 Å². The van der Waals surface area contributed by atoms with Crippen molar-refractivity contribution in [2.75, 3.05) is 5.73 Å². The lowest BCUT2D eigenvalue weighted by molar-refractivity contribution is 0.0973. The van der Waals surface area contributed by atoms with Crippen molar-refractivity contribution in [3.63, 3.8) is 0 Å². The number of nitrogen functional groups attached to an aromatic ring is 1. The lowest BCUT2D eigenvalue weighted by Gasteiger charge is -2.15. The van der Waals surface area contributed by atoms with Crippen molar-refractivity contribution >= 4 is 33.0 Å². The normalized spacial score (nSPS) is 15.4. The summed E-state index contributed by atoms with van der Waals surface area (Å²) in [7, 11) is 0. The van der Waals surface area contributed by atoms with Gasteiger partial charge in [0.1, 0.15) is 4.83 Å². The number of nitrogens with two attached hydrogens (primary N) is 1. The number of pyridine rings is 1. The molecule has 0 spiro atoms. The second kappa shape index (κ2) is 3.28. The third-order valence-corrected chi connectivity index (χ3v) is 3.96. The highest BCUT2D eigenvalue weighted by Gasteiger charge is 2.23. The summed E-state index contributed by atoms with van der Waals surface area (Å²) in [4.78, 5) is 18.6. The van der Waals surface area contributed by atoms with Gasteiger partial charge < -0.3 is 5.73 Å². The molecule has 0 radical (unpaired) electrons. The first-order chi connectivity index (χ1) is 7.66. The van der Waals surface area contributed by atoms with E-state index in [1.807, 2.05) is 13.0 Å². The number of thiophene rings is 1. The molecule has 2 N–H and O–H groups in total. The van der Waals surface area contributed by atoms with Gasteiger partial charge in [-0.25, -0.2) is 4.98 Å². The van der Waals surface area contributed by atoms with E-state index in [0.717, 1.165) is 28.8 Å². The Labute approximate surface area is 97.3 Å². The molecule has 82 valence electrons. The zero-order chi connectivity index (χ0) is 11.3. The molecule has 0 aliphatic heterocycles. The van der Waals surface area contributed by atoms with E-state index >= 15 is 0 Å². The fourth-order valence-corrected chi connectivity index (χ4v) is 3.20. The van der Waals surface area contributed by atoms with Gasteiger partial charge in [0.2, 0.25) is 0 Å². The van der Waals surface area contributed by atoms with Crippen molar-refractivity contribution in [1.82, 2.24) is 4.98 Å². The number of carbonyl (C=O) groups excluding carboxylic acids is 1. The molecule has 0 saturated carbocycles. The summed E-state index contributed by atoms with van der Waals surface area (Å²) in [5.41, 5.74) is 8.29. The maximum Gasteiger partial charge on any atom is 0.166 e. The van der Waals surface area contributed by atoms with E-state index in [4.69, 9.17) is 5.73 Å². The number of aromatic nitrogens is 1. The van der Waals surface area contributed by atoms with Crippen LogP contribution in [0.25, 0.3) is 10.2 Å². The smallest absolute Gasteiger partial charge is 0.166 e. The van der Waals surface area contributed by atoms with E-state index in [9.17, 15) is 4.79 Å². The highest BCUT2D eigenvalue weighted by molar-refractivity contribution is 7.18. The molecular weight excluding hydrogens is 220 g/mol. The summed E-state index contributed by atoms with van der Waals surface area (Å²) >= 11 is 1.64. The van der Waals surface area contributed by atoms with Gasteiger partial charge in [-0.15, -0.1) is 11.3 Å². The van der Waals surface area contributed by atoms with E-state index in [2.05, 4.69) is 4.98 Å². The molecule has 1 aliphatic carbocycles. The van der Waals surface area contributed by atoms with Crippen molar-refractivity contribution in [3.05, 3.63) is 22.2 Å². The molecule has 2 aromatic rings. The molecule has 0 unspecified atom stereocenters. The number of Topliss-reactive ketones (excluding diaryl/α,β-unsaturated/α-hetero) is 1. The minimum absolute atomic E-state index is 0.150. The van der Waals surface area contributed by atoms with Crippen molar-refractivity contribution in [2.45, 2.75) is 26.2 Å². The van der Waals surface area contributed by atoms with E-state index in [-0.39, 0.29) is 5.78 Å². The first kappa shape index (κ1) is 9.78. The fraction of sp³-hybridized carbons (Fsp3) is 0.333. The van der Waals surface area contributed by atoms with Crippen LogP contribution < -0.4 is 5.73 Å². The van der Waals surface area contributed by atoms with Gasteiger partial charge in [-0.3, -0.25) is 4.79 Å². The maximum atomic E-state index is 11.8. The predicted molar refractivity (Wildman–Crippen MR) is 66.0 cm³/mol. The summed E-state index contributed by atoms with van der Waals surface area (Å²) in [6.07, 6.45) is 2.37. The van der Waals surface area contributed by atoms with Crippen LogP contribution in [0.15, 0.2) is 6.07 Å². The number of hydrogen-bond donors (Lipinski definition) is 1. The van der Waals surface area contributed by atoms with Gasteiger partial charge in [0.05, 0.1) is 16.9 Å². The molecule has 2 heterocycles. The fourth-order valence-electron chi connectivity index (χ4n) is 2.28. The molecule has 3 rings (SSSR count). The third kappa shape index (κ3) is 1.26. The van der Waals surface area contributed by atoms with E-state index in [1.165, 1.54) is 4.88 Å². The number of fused-ring (bicyclic) bond motifs is 2. The second-order valence-electron chi connectivity index (χ2n) is 4.20. The van der Waals surface area contributed by atoms with Crippen LogP contribution in [-0.2, 0) is 6.42 Å². The highest BCUT2D eigenvalue weighted by Crippen LogP contribution is 2.34. The van der Waals surface area contributed by atoms with Gasteiger partial charge in [-0.2, -0.15) is 0 Å². The number of rotatable bonds is 0. The quantitative estimate of drug-likeness (QED) is 0.759. The van der Waals surface area contributed by atoms with Crippen LogP contribution in [0.3, 0.4) is 0 Å². The summed E-state index contributed by atoms with van der Waals surface area (Å²) in [5.74, 6) is 0.150. The van der Waals surface area contributed by atoms with Gasteiger partial charge in [-0.05, 0) is 25.8 Å². The Hall–Kier alpha value is -1.42. The zero-order valence-corrected chi connectivity index (χ0v) is 9.86. The molecule has 1 aliphatic rings. The number of anilines is 1. The number of nitrogens with zero attached hydrogens (tertiary/aromatic N) is 1. The van der Waals surface area contributed by atoms with Crippen LogP contribution in [0.4, 0.5) is 5.69 Å². The molecular formula is C12H12N2OS.